The topological polar surface area (TPSA) is 58.9 Å². The Balaban J connectivity index is 3.07. The van der Waals surface area contributed by atoms with E-state index in [0.717, 1.165) is 12.8 Å². The molecule has 0 fully saturated rings. The van der Waals surface area contributed by atoms with Gasteiger partial charge in [-0.05, 0) is 18.8 Å². The molecule has 14 heavy (non-hydrogen) atoms. The highest BCUT2D eigenvalue weighted by molar-refractivity contribution is 4.51. The van der Waals surface area contributed by atoms with Crippen LogP contribution in [0.25, 0.3) is 0 Å². The molecule has 4 nitrogen and oxygen atoms in total. The van der Waals surface area contributed by atoms with Crippen molar-refractivity contribution < 1.29 is 19.7 Å². The van der Waals surface area contributed by atoms with Crippen molar-refractivity contribution >= 4 is 0 Å². The second-order valence-electron chi connectivity index (χ2n) is 3.35. The maximum atomic E-state index is 8.46. The van der Waals surface area contributed by atoms with Gasteiger partial charge < -0.3 is 19.7 Å². The molecule has 0 aromatic heterocycles. The molecule has 0 aromatic rings. The molecule has 0 unspecified atom stereocenters. The first-order valence-electron chi connectivity index (χ1n) is 5.18. The molecule has 0 amide bonds. The third-order valence-electron chi connectivity index (χ3n) is 1.98. The molecule has 0 saturated heterocycles. The number of rotatable bonds is 10. The normalized spacial score (nSPS) is 11.1. The molecule has 0 aliphatic heterocycles. The first-order chi connectivity index (χ1) is 6.81. The summed E-state index contributed by atoms with van der Waals surface area (Å²) >= 11 is 0. The summed E-state index contributed by atoms with van der Waals surface area (Å²) in [5, 5.41) is 16.9. The van der Waals surface area contributed by atoms with Gasteiger partial charge in [0, 0.05) is 13.2 Å². The molecule has 2 N–H and O–H groups in total. The van der Waals surface area contributed by atoms with Crippen molar-refractivity contribution in [3.8, 4) is 0 Å². The molecule has 0 aromatic carbocycles. The van der Waals surface area contributed by atoms with Crippen LogP contribution in [-0.4, -0.2) is 49.9 Å². The number of ether oxygens (including phenoxy) is 2. The van der Waals surface area contributed by atoms with Gasteiger partial charge in [-0.1, -0.05) is 6.92 Å². The maximum absolute atomic E-state index is 8.46. The average molecular weight is 206 g/mol. The fourth-order valence-electron chi connectivity index (χ4n) is 1.05. The predicted molar refractivity (Wildman–Crippen MR) is 54.2 cm³/mol. The smallest absolute Gasteiger partial charge is 0.0697 e. The average Bonchev–Trinajstić information content (AvgIpc) is 2.19. The number of hydrogen-bond donors (Lipinski definition) is 2. The van der Waals surface area contributed by atoms with Crippen molar-refractivity contribution in [2.45, 2.75) is 19.8 Å². The molecule has 0 saturated carbocycles. The van der Waals surface area contributed by atoms with Gasteiger partial charge in [0.15, 0.2) is 0 Å². The second-order valence-corrected chi connectivity index (χ2v) is 3.35. The zero-order valence-electron chi connectivity index (χ0n) is 8.95. The van der Waals surface area contributed by atoms with Gasteiger partial charge in [0.2, 0.25) is 0 Å². The second kappa shape index (κ2) is 10.9. The molecule has 0 bridgehead atoms. The van der Waals surface area contributed by atoms with Gasteiger partial charge in [-0.25, -0.2) is 0 Å². The zero-order valence-corrected chi connectivity index (χ0v) is 8.95. The summed E-state index contributed by atoms with van der Waals surface area (Å²) in [7, 11) is 0. The van der Waals surface area contributed by atoms with Gasteiger partial charge in [-0.15, -0.1) is 0 Å². The lowest BCUT2D eigenvalue weighted by molar-refractivity contribution is 0.0679. The van der Waals surface area contributed by atoms with Crippen LogP contribution < -0.4 is 0 Å². The van der Waals surface area contributed by atoms with Gasteiger partial charge in [-0.3, -0.25) is 0 Å². The highest BCUT2D eigenvalue weighted by atomic mass is 16.5. The quantitative estimate of drug-likeness (QED) is 0.509. The van der Waals surface area contributed by atoms with Crippen LogP contribution in [0.15, 0.2) is 0 Å². The Kier molecular flexibility index (Phi) is 10.8. The third kappa shape index (κ3) is 9.92. The lowest BCUT2D eigenvalue weighted by Crippen LogP contribution is -2.08. The van der Waals surface area contributed by atoms with Crippen molar-refractivity contribution in [2.75, 3.05) is 39.6 Å². The van der Waals surface area contributed by atoms with E-state index in [1.54, 1.807) is 0 Å². The van der Waals surface area contributed by atoms with Crippen LogP contribution in [0.5, 0.6) is 0 Å². The molecule has 86 valence electrons. The molecule has 0 aliphatic rings. The minimum atomic E-state index is 0.0913. The highest BCUT2D eigenvalue weighted by Gasteiger charge is 2.01. The lowest BCUT2D eigenvalue weighted by Gasteiger charge is -2.11. The van der Waals surface area contributed by atoms with Gasteiger partial charge in [-0.2, -0.15) is 0 Å². The minimum Gasteiger partial charge on any atom is -0.394 e. The van der Waals surface area contributed by atoms with E-state index in [2.05, 4.69) is 6.92 Å². The van der Waals surface area contributed by atoms with Crippen molar-refractivity contribution in [2.24, 2.45) is 5.92 Å². The molecule has 0 aliphatic carbocycles. The fourth-order valence-corrected chi connectivity index (χ4v) is 1.05. The number of aliphatic hydroxyl groups is 2. The SMILES string of the molecule is CC(CCOCCO)CCOCCO. The van der Waals surface area contributed by atoms with E-state index in [9.17, 15) is 0 Å². The molecular weight excluding hydrogens is 184 g/mol. The van der Waals surface area contributed by atoms with Crippen LogP contribution in [-0.2, 0) is 9.47 Å². The fraction of sp³-hybridized carbons (Fsp3) is 1.00. The summed E-state index contributed by atoms with van der Waals surface area (Å²) in [4.78, 5) is 0. The van der Waals surface area contributed by atoms with Crippen LogP contribution in [0.4, 0.5) is 0 Å². The number of aliphatic hydroxyl groups excluding tert-OH is 2. The molecular formula is C10H22O4. The molecule has 0 heterocycles. The molecule has 0 rings (SSSR count). The zero-order chi connectivity index (χ0) is 10.6. The van der Waals surface area contributed by atoms with Crippen LogP contribution in [0, 0.1) is 5.92 Å². The van der Waals surface area contributed by atoms with Crippen LogP contribution >= 0.6 is 0 Å². The Morgan fingerprint density at radius 2 is 1.29 bits per heavy atom. The highest BCUT2D eigenvalue weighted by Crippen LogP contribution is 2.07. The van der Waals surface area contributed by atoms with Crippen molar-refractivity contribution in [1.29, 1.82) is 0 Å². The Morgan fingerprint density at radius 3 is 1.64 bits per heavy atom. The summed E-state index contributed by atoms with van der Waals surface area (Å²) < 4.78 is 10.3. The molecule has 0 radical (unpaired) electrons. The van der Waals surface area contributed by atoms with E-state index in [4.69, 9.17) is 19.7 Å². The summed E-state index contributed by atoms with van der Waals surface area (Å²) in [6, 6.07) is 0. The molecule has 0 spiro atoms. The van der Waals surface area contributed by atoms with Crippen LogP contribution in [0.2, 0.25) is 0 Å². The summed E-state index contributed by atoms with van der Waals surface area (Å²) in [6.07, 6.45) is 1.98. The predicted octanol–water partition coefficient (Wildman–Crippen LogP) is 0.421. The summed E-state index contributed by atoms with van der Waals surface area (Å²) in [6.45, 7) is 4.57. The van der Waals surface area contributed by atoms with E-state index in [1.807, 2.05) is 0 Å². The van der Waals surface area contributed by atoms with Crippen LogP contribution in [0.1, 0.15) is 19.8 Å². The van der Waals surface area contributed by atoms with E-state index in [0.29, 0.717) is 32.3 Å². The summed E-state index contributed by atoms with van der Waals surface area (Å²) in [5.74, 6) is 0.562. The number of hydrogen-bond acceptors (Lipinski definition) is 4. The monoisotopic (exact) mass is 206 g/mol. The first kappa shape index (κ1) is 13.8. The Bertz CT molecular complexity index is 96.3. The van der Waals surface area contributed by atoms with Crippen molar-refractivity contribution in [1.82, 2.24) is 0 Å². The van der Waals surface area contributed by atoms with Crippen molar-refractivity contribution in [3.63, 3.8) is 0 Å². The lowest BCUT2D eigenvalue weighted by atomic mass is 10.1. The van der Waals surface area contributed by atoms with E-state index >= 15 is 0 Å². The standard InChI is InChI=1S/C10H22O4/c1-10(2-6-13-8-4-11)3-7-14-9-5-12/h10-12H,2-9H2,1H3. The van der Waals surface area contributed by atoms with E-state index in [-0.39, 0.29) is 13.2 Å². The largest absolute Gasteiger partial charge is 0.394 e. The van der Waals surface area contributed by atoms with Gasteiger partial charge in [0.05, 0.1) is 26.4 Å². The first-order valence-corrected chi connectivity index (χ1v) is 5.18. The Hall–Kier alpha value is -0.160. The third-order valence-corrected chi connectivity index (χ3v) is 1.98. The minimum absolute atomic E-state index is 0.0913. The molecule has 0 atom stereocenters. The van der Waals surface area contributed by atoms with Gasteiger partial charge >= 0.3 is 0 Å². The Labute approximate surface area is 85.8 Å². The van der Waals surface area contributed by atoms with E-state index < -0.39 is 0 Å². The van der Waals surface area contributed by atoms with Crippen LogP contribution in [0.3, 0.4) is 0 Å². The van der Waals surface area contributed by atoms with Crippen molar-refractivity contribution in [3.05, 3.63) is 0 Å². The summed E-state index contributed by atoms with van der Waals surface area (Å²) in [5.41, 5.74) is 0. The van der Waals surface area contributed by atoms with Gasteiger partial charge in [0.1, 0.15) is 0 Å². The van der Waals surface area contributed by atoms with Gasteiger partial charge in [0.25, 0.3) is 0 Å². The molecule has 4 heteroatoms. The maximum Gasteiger partial charge on any atom is 0.0697 e. The van der Waals surface area contributed by atoms with E-state index in [1.165, 1.54) is 0 Å². The Morgan fingerprint density at radius 1 is 0.857 bits per heavy atom.